The maximum atomic E-state index is 12.1. The molecule has 0 aromatic heterocycles. The minimum absolute atomic E-state index is 0.00920. The summed E-state index contributed by atoms with van der Waals surface area (Å²) in [5, 5.41) is 8.59. The lowest BCUT2D eigenvalue weighted by atomic mass is 10.2. The van der Waals surface area contributed by atoms with Crippen molar-refractivity contribution < 1.29 is 19.4 Å². The topological polar surface area (TPSA) is 70.1 Å². The fourth-order valence-electron chi connectivity index (χ4n) is 2.80. The van der Waals surface area contributed by atoms with Gasteiger partial charge in [-0.3, -0.25) is 14.5 Å². The van der Waals surface area contributed by atoms with E-state index < -0.39 is 5.97 Å². The summed E-state index contributed by atoms with van der Waals surface area (Å²) < 4.78 is 5.67. The van der Waals surface area contributed by atoms with Crippen LogP contribution < -0.4 is 0 Å². The number of carboxylic acid groups (broad SMARTS) is 1. The first-order valence-corrected chi connectivity index (χ1v) is 8.72. The molecule has 1 unspecified atom stereocenters. The molecule has 0 saturated carbocycles. The quantitative estimate of drug-likeness (QED) is 0.770. The Balaban J connectivity index is 1.69. The number of carbonyl (C=O) groups excluding carboxylic acids is 1. The predicted molar refractivity (Wildman–Crippen MR) is 81.6 cm³/mol. The molecule has 1 N–H and O–H groups in total. The molecule has 1 atom stereocenters. The van der Waals surface area contributed by atoms with Crippen LogP contribution in [0.4, 0.5) is 0 Å². The van der Waals surface area contributed by atoms with Crippen molar-refractivity contribution in [1.82, 2.24) is 9.80 Å². The Kier molecular flexibility index (Phi) is 6.79. The smallest absolute Gasteiger partial charge is 0.313 e. The number of hydrogen-bond acceptors (Lipinski definition) is 5. The van der Waals surface area contributed by atoms with Crippen LogP contribution in [0.2, 0.25) is 0 Å². The van der Waals surface area contributed by atoms with Crippen molar-refractivity contribution in [2.24, 2.45) is 0 Å². The van der Waals surface area contributed by atoms with E-state index in [-0.39, 0.29) is 17.4 Å². The van der Waals surface area contributed by atoms with Crippen molar-refractivity contribution in [3.63, 3.8) is 0 Å². The van der Waals surface area contributed by atoms with E-state index in [1.807, 2.05) is 4.90 Å². The number of thioether (sulfide) groups is 1. The van der Waals surface area contributed by atoms with E-state index in [2.05, 4.69) is 4.90 Å². The van der Waals surface area contributed by atoms with Crippen LogP contribution in [-0.2, 0) is 14.3 Å². The number of hydrogen-bond donors (Lipinski definition) is 1. The molecule has 0 spiro atoms. The predicted octanol–water partition coefficient (Wildman–Crippen LogP) is 0.518. The molecule has 2 heterocycles. The number of carboxylic acids is 1. The average molecular weight is 316 g/mol. The third kappa shape index (κ3) is 5.84. The van der Waals surface area contributed by atoms with Crippen molar-refractivity contribution in [1.29, 1.82) is 0 Å². The van der Waals surface area contributed by atoms with E-state index in [9.17, 15) is 9.59 Å². The first kappa shape index (κ1) is 16.6. The van der Waals surface area contributed by atoms with Crippen molar-refractivity contribution in [3.8, 4) is 0 Å². The number of ether oxygens (including phenoxy) is 1. The molecular weight excluding hydrogens is 292 g/mol. The Hall–Kier alpha value is -0.790. The first-order chi connectivity index (χ1) is 10.1. The SMILES string of the molecule is O=C(O)CSCC(=O)N1CCCN(CC2CCCO2)CC1. The Morgan fingerprint density at radius 2 is 2.00 bits per heavy atom. The molecule has 0 aliphatic carbocycles. The Morgan fingerprint density at radius 1 is 1.14 bits per heavy atom. The molecule has 0 aromatic rings. The van der Waals surface area contributed by atoms with Crippen molar-refractivity contribution in [3.05, 3.63) is 0 Å². The number of rotatable bonds is 6. The van der Waals surface area contributed by atoms with Gasteiger partial charge in [0.2, 0.25) is 5.91 Å². The molecule has 2 aliphatic rings. The summed E-state index contributed by atoms with van der Waals surface area (Å²) in [6, 6.07) is 0. The van der Waals surface area contributed by atoms with Gasteiger partial charge in [0.25, 0.3) is 0 Å². The second-order valence-electron chi connectivity index (χ2n) is 5.56. The van der Waals surface area contributed by atoms with E-state index in [0.717, 1.165) is 58.6 Å². The number of carbonyl (C=O) groups is 2. The van der Waals surface area contributed by atoms with E-state index >= 15 is 0 Å². The largest absolute Gasteiger partial charge is 0.481 e. The van der Waals surface area contributed by atoms with Crippen molar-refractivity contribution >= 4 is 23.6 Å². The Bertz CT molecular complexity index is 361. The van der Waals surface area contributed by atoms with Crippen LogP contribution in [0.1, 0.15) is 19.3 Å². The zero-order chi connectivity index (χ0) is 15.1. The van der Waals surface area contributed by atoms with Gasteiger partial charge in [-0.25, -0.2) is 0 Å². The van der Waals surface area contributed by atoms with E-state index in [0.29, 0.717) is 6.10 Å². The maximum Gasteiger partial charge on any atom is 0.313 e. The lowest BCUT2D eigenvalue weighted by Gasteiger charge is -2.24. The minimum atomic E-state index is -0.869. The molecule has 2 fully saturated rings. The standard InChI is InChI=1S/C14H24N2O4S/c17-13(10-21-11-14(18)19)16-5-2-4-15(6-7-16)9-12-3-1-8-20-12/h12H,1-11H2,(H,18,19). The highest BCUT2D eigenvalue weighted by molar-refractivity contribution is 8.00. The second-order valence-corrected chi connectivity index (χ2v) is 6.54. The summed E-state index contributed by atoms with van der Waals surface area (Å²) in [5.41, 5.74) is 0. The highest BCUT2D eigenvalue weighted by Gasteiger charge is 2.23. The summed E-state index contributed by atoms with van der Waals surface area (Å²) >= 11 is 1.17. The van der Waals surface area contributed by atoms with Crippen molar-refractivity contribution in [2.75, 3.05) is 50.8 Å². The van der Waals surface area contributed by atoms with Gasteiger partial charge in [0, 0.05) is 32.8 Å². The fourth-order valence-corrected chi connectivity index (χ4v) is 3.43. The van der Waals surface area contributed by atoms with Crippen LogP contribution in [0.5, 0.6) is 0 Å². The molecule has 7 heteroatoms. The highest BCUT2D eigenvalue weighted by atomic mass is 32.2. The van der Waals surface area contributed by atoms with Crippen molar-refractivity contribution in [2.45, 2.75) is 25.4 Å². The van der Waals surface area contributed by atoms with Crippen LogP contribution in [0.25, 0.3) is 0 Å². The molecule has 0 radical (unpaired) electrons. The van der Waals surface area contributed by atoms with E-state index in [4.69, 9.17) is 9.84 Å². The van der Waals surface area contributed by atoms with Crippen LogP contribution in [0.3, 0.4) is 0 Å². The summed E-state index contributed by atoms with van der Waals surface area (Å²) in [6.07, 6.45) is 3.63. The van der Waals surface area contributed by atoms with Gasteiger partial charge in [-0.05, 0) is 25.8 Å². The Labute approximate surface area is 129 Å². The second kappa shape index (κ2) is 8.60. The summed E-state index contributed by atoms with van der Waals surface area (Å²) in [5.74, 6) is -0.561. The summed E-state index contributed by atoms with van der Waals surface area (Å²) in [4.78, 5) is 26.8. The molecule has 2 aliphatic heterocycles. The first-order valence-electron chi connectivity index (χ1n) is 7.56. The normalized spacial score (nSPS) is 24.0. The van der Waals surface area contributed by atoms with Crippen LogP contribution in [-0.4, -0.2) is 83.7 Å². The molecule has 2 rings (SSSR count). The monoisotopic (exact) mass is 316 g/mol. The fraction of sp³-hybridized carbons (Fsp3) is 0.857. The van der Waals surface area contributed by atoms with Crippen LogP contribution in [0, 0.1) is 0 Å². The van der Waals surface area contributed by atoms with Crippen LogP contribution in [0.15, 0.2) is 0 Å². The van der Waals surface area contributed by atoms with Crippen LogP contribution >= 0.6 is 11.8 Å². The molecule has 6 nitrogen and oxygen atoms in total. The third-order valence-corrected chi connectivity index (χ3v) is 4.78. The number of nitrogens with zero attached hydrogens (tertiary/aromatic N) is 2. The lowest BCUT2D eigenvalue weighted by Crippen LogP contribution is -2.38. The average Bonchev–Trinajstić information content (AvgIpc) is 2.83. The Morgan fingerprint density at radius 3 is 2.71 bits per heavy atom. The molecule has 0 aromatic carbocycles. The summed E-state index contributed by atoms with van der Waals surface area (Å²) in [7, 11) is 0. The molecular formula is C14H24N2O4S. The maximum absolute atomic E-state index is 12.1. The molecule has 1 amide bonds. The highest BCUT2D eigenvalue weighted by Crippen LogP contribution is 2.15. The van der Waals surface area contributed by atoms with Gasteiger partial charge in [-0.1, -0.05) is 0 Å². The van der Waals surface area contributed by atoms with Gasteiger partial charge >= 0.3 is 5.97 Å². The third-order valence-electron chi connectivity index (χ3n) is 3.88. The van der Waals surface area contributed by atoms with E-state index in [1.165, 1.54) is 11.8 Å². The lowest BCUT2D eigenvalue weighted by molar-refractivity contribution is -0.133. The molecule has 21 heavy (non-hydrogen) atoms. The molecule has 0 bridgehead atoms. The van der Waals surface area contributed by atoms with Gasteiger partial charge in [0.15, 0.2) is 0 Å². The zero-order valence-electron chi connectivity index (χ0n) is 12.3. The molecule has 2 saturated heterocycles. The van der Waals surface area contributed by atoms with Gasteiger partial charge in [-0.2, -0.15) is 0 Å². The zero-order valence-corrected chi connectivity index (χ0v) is 13.1. The van der Waals surface area contributed by atoms with E-state index in [1.54, 1.807) is 0 Å². The van der Waals surface area contributed by atoms with Gasteiger partial charge in [0.1, 0.15) is 0 Å². The summed E-state index contributed by atoms with van der Waals surface area (Å²) in [6.45, 7) is 5.24. The van der Waals surface area contributed by atoms with Gasteiger partial charge < -0.3 is 14.7 Å². The molecule has 120 valence electrons. The number of amides is 1. The number of aliphatic carboxylic acids is 1. The van der Waals surface area contributed by atoms with Gasteiger partial charge in [0.05, 0.1) is 17.6 Å². The minimum Gasteiger partial charge on any atom is -0.481 e. The van der Waals surface area contributed by atoms with Gasteiger partial charge in [-0.15, -0.1) is 11.8 Å².